The lowest BCUT2D eigenvalue weighted by Gasteiger charge is -2.32. The van der Waals surface area contributed by atoms with E-state index in [0.29, 0.717) is 11.7 Å². The van der Waals surface area contributed by atoms with Gasteiger partial charge < -0.3 is 14.0 Å². The molecule has 0 bridgehead atoms. The van der Waals surface area contributed by atoms with Crippen LogP contribution in [-0.4, -0.2) is 25.4 Å². The molecule has 1 aromatic rings. The van der Waals surface area contributed by atoms with E-state index in [9.17, 15) is 0 Å². The van der Waals surface area contributed by atoms with Gasteiger partial charge in [0, 0.05) is 5.82 Å². The van der Waals surface area contributed by atoms with E-state index >= 15 is 0 Å². The van der Waals surface area contributed by atoms with Gasteiger partial charge in [0.1, 0.15) is 5.75 Å². The molecule has 3 nitrogen and oxygen atoms in total. The summed E-state index contributed by atoms with van der Waals surface area (Å²) >= 11 is 0. The quantitative estimate of drug-likeness (QED) is 0.787. The molecule has 3 rings (SSSR count). The van der Waals surface area contributed by atoms with Crippen molar-refractivity contribution in [2.24, 2.45) is 0 Å². The first-order valence-electron chi connectivity index (χ1n) is 7.34. The van der Waals surface area contributed by atoms with Gasteiger partial charge in [0.05, 0.1) is 18.3 Å². The van der Waals surface area contributed by atoms with Crippen molar-refractivity contribution >= 4 is 7.12 Å². The Morgan fingerprint density at radius 3 is 2.40 bits per heavy atom. The fourth-order valence-electron chi connectivity index (χ4n) is 2.83. The van der Waals surface area contributed by atoms with E-state index in [-0.39, 0.29) is 18.3 Å². The summed E-state index contributed by atoms with van der Waals surface area (Å²) in [6.07, 6.45) is 1.13. The van der Waals surface area contributed by atoms with E-state index in [1.165, 1.54) is 5.56 Å². The largest absolute Gasteiger partial charge is 0.497 e. The predicted molar refractivity (Wildman–Crippen MR) is 80.2 cm³/mol. The van der Waals surface area contributed by atoms with Crippen LogP contribution in [0.3, 0.4) is 0 Å². The first-order chi connectivity index (χ1) is 9.34. The van der Waals surface area contributed by atoms with E-state index in [1.807, 2.05) is 12.1 Å². The summed E-state index contributed by atoms with van der Waals surface area (Å²) in [4.78, 5) is 0. The van der Waals surface area contributed by atoms with Gasteiger partial charge in [0.2, 0.25) is 0 Å². The zero-order valence-corrected chi connectivity index (χ0v) is 13.0. The average Bonchev–Trinajstić information content (AvgIpc) is 3.13. The van der Waals surface area contributed by atoms with Gasteiger partial charge in [0.25, 0.3) is 0 Å². The van der Waals surface area contributed by atoms with Crippen molar-refractivity contribution in [2.45, 2.75) is 57.1 Å². The van der Waals surface area contributed by atoms with E-state index in [2.05, 4.69) is 39.8 Å². The Morgan fingerprint density at radius 1 is 1.15 bits per heavy atom. The monoisotopic (exact) mass is 274 g/mol. The summed E-state index contributed by atoms with van der Waals surface area (Å²) in [5.41, 5.74) is 0.849. The second-order valence-corrected chi connectivity index (χ2v) is 6.91. The van der Waals surface area contributed by atoms with Crippen molar-refractivity contribution < 1.29 is 14.0 Å². The minimum Gasteiger partial charge on any atom is -0.497 e. The molecule has 1 aromatic carbocycles. The molecule has 1 saturated carbocycles. The molecular formula is C16H23BO3. The lowest BCUT2D eigenvalue weighted by Crippen LogP contribution is -2.41. The van der Waals surface area contributed by atoms with Crippen LogP contribution in [0.25, 0.3) is 0 Å². The maximum absolute atomic E-state index is 6.14. The molecule has 0 aromatic heterocycles. The molecule has 0 spiro atoms. The fourth-order valence-corrected chi connectivity index (χ4v) is 2.83. The van der Waals surface area contributed by atoms with E-state index in [0.717, 1.165) is 12.2 Å². The van der Waals surface area contributed by atoms with Crippen molar-refractivity contribution in [3.05, 3.63) is 29.8 Å². The zero-order chi connectivity index (χ0) is 14.5. The maximum Gasteiger partial charge on any atom is 0.461 e. The number of hydrogen-bond acceptors (Lipinski definition) is 3. The van der Waals surface area contributed by atoms with Crippen LogP contribution in [0.1, 0.15) is 45.6 Å². The van der Waals surface area contributed by atoms with Crippen LogP contribution in [0.4, 0.5) is 0 Å². The molecule has 20 heavy (non-hydrogen) atoms. The smallest absolute Gasteiger partial charge is 0.461 e. The van der Waals surface area contributed by atoms with Crippen molar-refractivity contribution in [2.75, 3.05) is 7.11 Å². The van der Waals surface area contributed by atoms with Gasteiger partial charge in [-0.3, -0.25) is 0 Å². The average molecular weight is 274 g/mol. The third kappa shape index (κ3) is 2.25. The van der Waals surface area contributed by atoms with Gasteiger partial charge >= 0.3 is 7.12 Å². The molecule has 0 unspecified atom stereocenters. The van der Waals surface area contributed by atoms with Gasteiger partial charge in [-0.25, -0.2) is 0 Å². The van der Waals surface area contributed by atoms with Crippen molar-refractivity contribution in [3.63, 3.8) is 0 Å². The molecule has 4 heteroatoms. The highest BCUT2D eigenvalue weighted by molar-refractivity contribution is 6.49. The number of ether oxygens (including phenoxy) is 1. The Morgan fingerprint density at radius 2 is 1.80 bits per heavy atom. The number of hydrogen-bond donors (Lipinski definition) is 0. The van der Waals surface area contributed by atoms with Crippen LogP contribution in [-0.2, 0) is 9.31 Å². The van der Waals surface area contributed by atoms with Crippen molar-refractivity contribution in [1.82, 2.24) is 0 Å². The van der Waals surface area contributed by atoms with Gasteiger partial charge in [-0.2, -0.15) is 0 Å². The SMILES string of the molecule is COc1cccc([C@H]2C[C@@H]2B2OC(C)(C)C(C)(C)O2)c1. The molecule has 1 heterocycles. The highest BCUT2D eigenvalue weighted by atomic mass is 16.7. The summed E-state index contributed by atoms with van der Waals surface area (Å²) in [6.45, 7) is 8.43. The molecular weight excluding hydrogens is 251 g/mol. The first-order valence-corrected chi connectivity index (χ1v) is 7.34. The Bertz CT molecular complexity index is 496. The molecule has 2 atom stereocenters. The van der Waals surface area contributed by atoms with Crippen molar-refractivity contribution in [3.8, 4) is 5.75 Å². The van der Waals surface area contributed by atoms with Gasteiger partial charge in [-0.1, -0.05) is 12.1 Å². The highest BCUT2D eigenvalue weighted by Crippen LogP contribution is 2.58. The number of methoxy groups -OCH3 is 1. The zero-order valence-electron chi connectivity index (χ0n) is 13.0. The Hall–Kier alpha value is -0.995. The van der Waals surface area contributed by atoms with Gasteiger partial charge in [-0.15, -0.1) is 0 Å². The molecule has 108 valence electrons. The van der Waals surface area contributed by atoms with E-state index in [1.54, 1.807) is 7.11 Å². The van der Waals surface area contributed by atoms with Crippen LogP contribution >= 0.6 is 0 Å². The van der Waals surface area contributed by atoms with Gasteiger partial charge in [-0.05, 0) is 57.7 Å². The molecule has 2 aliphatic rings. The lowest BCUT2D eigenvalue weighted by atomic mass is 9.79. The standard InChI is InChI=1S/C16H23BO3/c1-15(2)16(3,4)20-17(19-15)14-10-13(14)11-7-6-8-12(9-11)18-5/h6-9,13-14H,10H2,1-5H3/t13-,14+/m1/s1. The maximum atomic E-state index is 6.14. The Labute approximate surface area is 121 Å². The second kappa shape index (κ2) is 4.50. The molecule has 0 radical (unpaired) electrons. The number of rotatable bonds is 3. The summed E-state index contributed by atoms with van der Waals surface area (Å²) in [6, 6.07) is 8.32. The summed E-state index contributed by atoms with van der Waals surface area (Å²) < 4.78 is 17.6. The highest BCUT2D eigenvalue weighted by Gasteiger charge is 2.59. The normalized spacial score (nSPS) is 30.4. The molecule has 2 fully saturated rings. The third-order valence-electron chi connectivity index (χ3n) is 4.98. The fraction of sp³-hybridized carbons (Fsp3) is 0.625. The van der Waals surface area contributed by atoms with Crippen LogP contribution in [0.2, 0.25) is 5.82 Å². The predicted octanol–water partition coefficient (Wildman–Crippen LogP) is 3.64. The summed E-state index contributed by atoms with van der Waals surface area (Å²) in [5, 5.41) is 0. The van der Waals surface area contributed by atoms with E-state index < -0.39 is 0 Å². The third-order valence-corrected chi connectivity index (χ3v) is 4.98. The molecule has 1 saturated heterocycles. The van der Waals surface area contributed by atoms with Crippen LogP contribution < -0.4 is 4.74 Å². The van der Waals surface area contributed by atoms with Crippen molar-refractivity contribution in [1.29, 1.82) is 0 Å². The van der Waals surface area contributed by atoms with Crippen LogP contribution in [0, 0.1) is 0 Å². The van der Waals surface area contributed by atoms with E-state index in [4.69, 9.17) is 14.0 Å². The van der Waals surface area contributed by atoms with Crippen LogP contribution in [0.5, 0.6) is 5.75 Å². The molecule has 1 aliphatic heterocycles. The Kier molecular flexibility index (Phi) is 3.14. The number of benzene rings is 1. The molecule has 0 amide bonds. The lowest BCUT2D eigenvalue weighted by molar-refractivity contribution is 0.00578. The summed E-state index contributed by atoms with van der Waals surface area (Å²) in [5.74, 6) is 1.91. The topological polar surface area (TPSA) is 27.7 Å². The van der Waals surface area contributed by atoms with Crippen LogP contribution in [0.15, 0.2) is 24.3 Å². The Balaban J connectivity index is 1.71. The molecule has 1 aliphatic carbocycles. The first kappa shape index (κ1) is 14.0. The van der Waals surface area contributed by atoms with Gasteiger partial charge in [0.15, 0.2) is 0 Å². The molecule has 0 N–H and O–H groups in total. The summed E-state index contributed by atoms with van der Waals surface area (Å²) in [7, 11) is 1.62. The minimum absolute atomic E-state index is 0.0869. The second-order valence-electron chi connectivity index (χ2n) is 6.91. The minimum atomic E-state index is -0.237.